The number of rotatable bonds is 10. The van der Waals surface area contributed by atoms with Crippen LogP contribution in [0.25, 0.3) is 16.8 Å². The van der Waals surface area contributed by atoms with Crippen LogP contribution in [-0.4, -0.2) is 37.6 Å². The van der Waals surface area contributed by atoms with Crippen molar-refractivity contribution in [2.45, 2.75) is 89.4 Å². The molecule has 0 saturated heterocycles. The van der Waals surface area contributed by atoms with Crippen LogP contribution in [0.5, 0.6) is 0 Å². The maximum atomic E-state index is 14.3. The van der Waals surface area contributed by atoms with Crippen molar-refractivity contribution in [1.29, 1.82) is 5.26 Å². The number of benzene rings is 2. The quantitative estimate of drug-likeness (QED) is 0.246. The van der Waals surface area contributed by atoms with E-state index in [9.17, 15) is 15.2 Å². The molecule has 6 rings (SSSR count). The van der Waals surface area contributed by atoms with Crippen molar-refractivity contribution in [3.8, 4) is 17.2 Å². The highest BCUT2D eigenvalue weighted by molar-refractivity contribution is 5.70. The van der Waals surface area contributed by atoms with Crippen molar-refractivity contribution in [2.75, 3.05) is 6.61 Å². The molecule has 0 bridgehead atoms. The van der Waals surface area contributed by atoms with E-state index in [0.29, 0.717) is 24.5 Å². The van der Waals surface area contributed by atoms with Gasteiger partial charge < -0.3 is 9.84 Å². The molecule has 2 aromatic carbocycles. The highest BCUT2D eigenvalue weighted by Gasteiger charge is 2.40. The van der Waals surface area contributed by atoms with Crippen molar-refractivity contribution in [1.82, 2.24) is 14.2 Å². The van der Waals surface area contributed by atoms with Gasteiger partial charge in [0.2, 0.25) is 0 Å². The lowest BCUT2D eigenvalue weighted by Gasteiger charge is -2.33. The maximum absolute atomic E-state index is 14.3. The van der Waals surface area contributed by atoms with Gasteiger partial charge in [-0.25, -0.2) is 4.52 Å². The first-order valence-electron chi connectivity index (χ1n) is 15.4. The molecule has 7 heteroatoms. The smallest absolute Gasteiger partial charge is 0.257 e. The molecule has 2 aliphatic carbocycles. The van der Waals surface area contributed by atoms with Crippen LogP contribution in [0.15, 0.2) is 65.6 Å². The predicted molar refractivity (Wildman–Crippen MR) is 163 cm³/mol. The Labute approximate surface area is 247 Å². The number of aliphatic hydroxyl groups is 1. The minimum Gasteiger partial charge on any atom is -0.387 e. The van der Waals surface area contributed by atoms with Crippen LogP contribution in [0.2, 0.25) is 0 Å². The fraction of sp³-hybridized carbons (Fsp3) is 0.457. The molecule has 0 spiro atoms. The Morgan fingerprint density at radius 3 is 2.48 bits per heavy atom. The molecule has 1 N–H and O–H groups in total. The molecule has 2 heterocycles. The van der Waals surface area contributed by atoms with E-state index in [1.165, 1.54) is 0 Å². The van der Waals surface area contributed by atoms with Crippen molar-refractivity contribution < 1.29 is 9.84 Å². The molecule has 0 amide bonds. The highest BCUT2D eigenvalue weighted by atomic mass is 16.5. The summed E-state index contributed by atoms with van der Waals surface area (Å²) in [6.45, 7) is 4.41. The lowest BCUT2D eigenvalue weighted by Crippen LogP contribution is -2.37. The first-order valence-corrected chi connectivity index (χ1v) is 15.4. The van der Waals surface area contributed by atoms with E-state index in [1.54, 1.807) is 6.20 Å². The largest absolute Gasteiger partial charge is 0.387 e. The van der Waals surface area contributed by atoms with Crippen molar-refractivity contribution in [2.24, 2.45) is 5.92 Å². The second-order valence-electron chi connectivity index (χ2n) is 12.4. The second kappa shape index (κ2) is 11.9. The minimum atomic E-state index is -0.737. The van der Waals surface area contributed by atoms with Crippen molar-refractivity contribution in [3.05, 3.63) is 93.5 Å². The molecule has 7 nitrogen and oxygen atoms in total. The number of aryl methyl sites for hydroxylation is 1. The van der Waals surface area contributed by atoms with Crippen LogP contribution in [0.4, 0.5) is 0 Å². The Kier molecular flexibility index (Phi) is 8.02. The summed E-state index contributed by atoms with van der Waals surface area (Å²) in [5.74, 6) is 0.368. The van der Waals surface area contributed by atoms with Crippen LogP contribution < -0.4 is 5.56 Å². The number of ether oxygens (including phenoxy) is 1. The molecule has 4 aromatic rings. The van der Waals surface area contributed by atoms with Gasteiger partial charge in [0.25, 0.3) is 5.56 Å². The number of aromatic nitrogens is 3. The fourth-order valence-corrected chi connectivity index (χ4v) is 6.63. The zero-order valence-electron chi connectivity index (χ0n) is 24.6. The van der Waals surface area contributed by atoms with Gasteiger partial charge in [0, 0.05) is 24.1 Å². The lowest BCUT2D eigenvalue weighted by molar-refractivity contribution is -0.0845. The number of hydrogen-bond acceptors (Lipinski definition) is 5. The second-order valence-corrected chi connectivity index (χ2v) is 12.4. The average Bonchev–Trinajstić information content (AvgIpc) is 3.78. The van der Waals surface area contributed by atoms with Gasteiger partial charge in [0.05, 0.1) is 41.8 Å². The van der Waals surface area contributed by atoms with Crippen LogP contribution in [0, 0.1) is 17.2 Å². The summed E-state index contributed by atoms with van der Waals surface area (Å²) in [7, 11) is 0. The van der Waals surface area contributed by atoms with Gasteiger partial charge in [0.1, 0.15) is 5.65 Å². The Balaban J connectivity index is 1.26. The van der Waals surface area contributed by atoms with Crippen molar-refractivity contribution >= 4 is 5.65 Å². The first-order chi connectivity index (χ1) is 20.4. The summed E-state index contributed by atoms with van der Waals surface area (Å²) in [4.78, 5) is 14.3. The van der Waals surface area contributed by atoms with Gasteiger partial charge in [0.15, 0.2) is 0 Å². The van der Waals surface area contributed by atoms with E-state index >= 15 is 0 Å². The van der Waals surface area contributed by atoms with Gasteiger partial charge >= 0.3 is 0 Å². The van der Waals surface area contributed by atoms with E-state index in [-0.39, 0.29) is 17.7 Å². The normalized spacial score (nSPS) is 20.3. The number of nitrogens with zero attached hydrogens (tertiary/aromatic N) is 4. The number of hydrogen-bond donors (Lipinski definition) is 1. The molecule has 2 aliphatic rings. The maximum Gasteiger partial charge on any atom is 0.257 e. The molecule has 1 atom stereocenters. The number of fused-ring (bicyclic) bond motifs is 1. The SMILES string of the molecule is CCCc1c(Cc2ccc(-c3ccccc3C#N)cc2)c(=O)n(C2CCC(OCC(C)(O)C3CC3)CC2)c2ccnn12. The third-order valence-electron chi connectivity index (χ3n) is 9.21. The average molecular weight is 565 g/mol. The Morgan fingerprint density at radius 1 is 1.05 bits per heavy atom. The highest BCUT2D eigenvalue weighted by Crippen LogP contribution is 2.40. The Hall–Kier alpha value is -3.73. The van der Waals surface area contributed by atoms with Crippen LogP contribution in [0.1, 0.15) is 87.2 Å². The Morgan fingerprint density at radius 2 is 1.79 bits per heavy atom. The minimum absolute atomic E-state index is 0.0754. The third kappa shape index (κ3) is 5.66. The van der Waals surface area contributed by atoms with Crippen LogP contribution in [0.3, 0.4) is 0 Å². The fourth-order valence-electron chi connectivity index (χ4n) is 6.63. The first kappa shape index (κ1) is 28.4. The summed E-state index contributed by atoms with van der Waals surface area (Å²) in [6, 6.07) is 20.1. The van der Waals surface area contributed by atoms with E-state index < -0.39 is 5.60 Å². The van der Waals surface area contributed by atoms with Gasteiger partial charge in [-0.2, -0.15) is 10.4 Å². The monoisotopic (exact) mass is 564 g/mol. The molecule has 0 radical (unpaired) electrons. The molecule has 1 unspecified atom stereocenters. The molecular formula is C35H40N4O3. The van der Waals surface area contributed by atoms with Gasteiger partial charge in [-0.1, -0.05) is 55.8 Å². The van der Waals surface area contributed by atoms with E-state index in [1.807, 2.05) is 58.5 Å². The molecule has 218 valence electrons. The molecule has 0 aliphatic heterocycles. The lowest BCUT2D eigenvalue weighted by atomic mass is 9.91. The van der Waals surface area contributed by atoms with Gasteiger partial charge in [-0.15, -0.1) is 0 Å². The summed E-state index contributed by atoms with van der Waals surface area (Å²) >= 11 is 0. The van der Waals surface area contributed by atoms with Gasteiger partial charge in [-0.3, -0.25) is 9.36 Å². The van der Waals surface area contributed by atoms with Crippen LogP contribution >= 0.6 is 0 Å². The third-order valence-corrected chi connectivity index (χ3v) is 9.21. The zero-order valence-corrected chi connectivity index (χ0v) is 24.6. The summed E-state index contributed by atoms with van der Waals surface area (Å²) in [5.41, 5.74) is 5.59. The summed E-state index contributed by atoms with van der Waals surface area (Å²) in [6.07, 6.45) is 9.77. The Bertz CT molecular complexity index is 1650. The molecule has 42 heavy (non-hydrogen) atoms. The molecular weight excluding hydrogens is 524 g/mol. The van der Waals surface area contributed by atoms with Crippen molar-refractivity contribution in [3.63, 3.8) is 0 Å². The molecule has 2 fully saturated rings. The van der Waals surface area contributed by atoms with Crippen LogP contribution in [-0.2, 0) is 17.6 Å². The molecule has 2 saturated carbocycles. The zero-order chi connectivity index (χ0) is 29.3. The summed E-state index contributed by atoms with van der Waals surface area (Å²) < 4.78 is 10.1. The standard InChI is InChI=1S/C35H40N4O3/c1-3-6-32-31(21-24-9-11-25(12-10-24)30-8-5-4-7-26(30)22-36)34(40)38(33-19-20-37-39(32)33)28-15-17-29(18-16-28)42-23-35(2,41)27-13-14-27/h4-5,7-12,19-20,27-29,41H,3,6,13-18,21,23H2,1-2H3. The van der Waals surface area contributed by atoms with E-state index in [4.69, 9.17) is 4.74 Å². The number of nitriles is 1. The topological polar surface area (TPSA) is 92.5 Å². The van der Waals surface area contributed by atoms with E-state index in [2.05, 4.69) is 30.2 Å². The van der Waals surface area contributed by atoms with E-state index in [0.717, 1.165) is 85.0 Å². The molecule has 2 aromatic heterocycles. The predicted octanol–water partition coefficient (Wildman–Crippen LogP) is 6.24. The van der Waals surface area contributed by atoms with Gasteiger partial charge in [-0.05, 0) is 80.5 Å². The summed E-state index contributed by atoms with van der Waals surface area (Å²) in [5, 5.41) is 24.9.